The van der Waals surface area contributed by atoms with Gasteiger partial charge >= 0.3 is 0 Å². The van der Waals surface area contributed by atoms with Crippen molar-refractivity contribution in [3.05, 3.63) is 48.0 Å². The van der Waals surface area contributed by atoms with Crippen LogP contribution in [-0.4, -0.2) is 4.57 Å². The molecule has 0 unspecified atom stereocenters. The summed E-state index contributed by atoms with van der Waals surface area (Å²) in [6.07, 6.45) is 7.56. The third-order valence-electron chi connectivity index (χ3n) is 2.68. The molecule has 0 amide bonds. The lowest BCUT2D eigenvalue weighted by molar-refractivity contribution is -0.696. The molecule has 1 aromatic carbocycles. The molecule has 2 rings (SSSR count). The third kappa shape index (κ3) is 2.32. The number of aromatic nitrogens is 2. The molecule has 0 radical (unpaired) electrons. The second kappa shape index (κ2) is 4.52. The van der Waals surface area contributed by atoms with Crippen LogP contribution in [0.5, 0.6) is 0 Å². The van der Waals surface area contributed by atoms with Crippen LogP contribution in [-0.2, 0) is 6.54 Å². The normalized spacial score (nSPS) is 10.7. The first kappa shape index (κ1) is 10.9. The van der Waals surface area contributed by atoms with Crippen LogP contribution in [0.4, 0.5) is 0 Å². The highest BCUT2D eigenvalue weighted by Crippen LogP contribution is 2.12. The van der Waals surface area contributed by atoms with E-state index < -0.39 is 0 Å². The maximum absolute atomic E-state index is 2.22. The molecule has 0 aliphatic carbocycles. The molecular formula is C14H19N2+. The highest BCUT2D eigenvalue weighted by molar-refractivity contribution is 5.38. The largest absolute Gasteiger partial charge is 0.248 e. The first-order chi connectivity index (χ1) is 7.69. The molecule has 0 saturated heterocycles. The van der Waals surface area contributed by atoms with Crippen molar-refractivity contribution in [2.24, 2.45) is 0 Å². The fourth-order valence-corrected chi connectivity index (χ4v) is 2.04. The average molecular weight is 215 g/mol. The second-order valence-electron chi connectivity index (χ2n) is 4.40. The fourth-order valence-electron chi connectivity index (χ4n) is 2.04. The maximum atomic E-state index is 2.22. The standard InChI is InChI=1S/C14H19N2/c1-4-5-15-6-7-16(11-15)14-9-12(2)8-13(3)10-14/h6-11H,4-5H2,1-3H3/q+1. The summed E-state index contributed by atoms with van der Waals surface area (Å²) in [6.45, 7) is 7.55. The minimum Gasteiger partial charge on any atom is -0.236 e. The number of nitrogens with zero attached hydrogens (tertiary/aromatic N) is 2. The molecular weight excluding hydrogens is 196 g/mol. The summed E-state index contributed by atoms with van der Waals surface area (Å²) in [5, 5.41) is 0. The predicted octanol–water partition coefficient (Wildman–Crippen LogP) is 2.79. The molecule has 0 aliphatic heterocycles. The van der Waals surface area contributed by atoms with E-state index in [1.165, 1.54) is 23.2 Å². The predicted molar refractivity (Wildman–Crippen MR) is 65.7 cm³/mol. The van der Waals surface area contributed by atoms with Crippen LogP contribution in [0.2, 0.25) is 0 Å². The van der Waals surface area contributed by atoms with Gasteiger partial charge in [0.15, 0.2) is 0 Å². The Bertz CT molecular complexity index is 463. The number of imidazole rings is 1. The van der Waals surface area contributed by atoms with E-state index in [9.17, 15) is 0 Å². The Labute approximate surface area is 97.2 Å². The lowest BCUT2D eigenvalue weighted by Crippen LogP contribution is -2.30. The summed E-state index contributed by atoms with van der Waals surface area (Å²) in [5.41, 5.74) is 3.86. The monoisotopic (exact) mass is 215 g/mol. The Balaban J connectivity index is 2.34. The topological polar surface area (TPSA) is 8.81 Å². The first-order valence-electron chi connectivity index (χ1n) is 5.85. The van der Waals surface area contributed by atoms with Gasteiger partial charge in [-0.3, -0.25) is 0 Å². The molecule has 0 fully saturated rings. The van der Waals surface area contributed by atoms with Gasteiger partial charge in [0.05, 0.1) is 6.54 Å². The van der Waals surface area contributed by atoms with Crippen molar-refractivity contribution in [1.82, 2.24) is 4.57 Å². The molecule has 0 aliphatic rings. The summed E-state index contributed by atoms with van der Waals surface area (Å²) >= 11 is 0. The van der Waals surface area contributed by atoms with Crippen LogP contribution >= 0.6 is 0 Å². The van der Waals surface area contributed by atoms with E-state index in [0.717, 1.165) is 6.54 Å². The highest BCUT2D eigenvalue weighted by Gasteiger charge is 2.06. The van der Waals surface area contributed by atoms with E-state index in [1.807, 2.05) is 0 Å². The second-order valence-corrected chi connectivity index (χ2v) is 4.40. The Morgan fingerprint density at radius 2 is 1.81 bits per heavy atom. The van der Waals surface area contributed by atoms with Gasteiger partial charge in [0.1, 0.15) is 18.1 Å². The Kier molecular flexibility index (Phi) is 3.09. The van der Waals surface area contributed by atoms with E-state index in [2.05, 4.69) is 66.8 Å². The van der Waals surface area contributed by atoms with Gasteiger partial charge in [-0.1, -0.05) is 13.0 Å². The smallest absolute Gasteiger partial charge is 0.236 e. The van der Waals surface area contributed by atoms with Crippen molar-refractivity contribution in [1.29, 1.82) is 0 Å². The first-order valence-corrected chi connectivity index (χ1v) is 5.85. The van der Waals surface area contributed by atoms with Crippen LogP contribution in [0.1, 0.15) is 24.5 Å². The van der Waals surface area contributed by atoms with E-state index in [1.54, 1.807) is 0 Å². The molecule has 0 atom stereocenters. The van der Waals surface area contributed by atoms with E-state index in [4.69, 9.17) is 0 Å². The van der Waals surface area contributed by atoms with Crippen LogP contribution in [0.25, 0.3) is 5.69 Å². The molecule has 2 heteroatoms. The lowest BCUT2D eigenvalue weighted by Gasteiger charge is -2.00. The quantitative estimate of drug-likeness (QED) is 0.696. The molecule has 16 heavy (non-hydrogen) atoms. The number of benzene rings is 1. The van der Waals surface area contributed by atoms with Gasteiger partial charge in [-0.25, -0.2) is 9.13 Å². The van der Waals surface area contributed by atoms with Crippen LogP contribution in [0, 0.1) is 13.8 Å². The third-order valence-corrected chi connectivity index (χ3v) is 2.68. The number of hydrogen-bond donors (Lipinski definition) is 0. The van der Waals surface area contributed by atoms with Gasteiger partial charge in [0, 0.05) is 0 Å². The molecule has 0 bridgehead atoms. The summed E-state index contributed by atoms with van der Waals surface area (Å²) in [6, 6.07) is 6.62. The van der Waals surface area contributed by atoms with Gasteiger partial charge < -0.3 is 0 Å². The fraction of sp³-hybridized carbons (Fsp3) is 0.357. The zero-order valence-electron chi connectivity index (χ0n) is 10.3. The van der Waals surface area contributed by atoms with Gasteiger partial charge in [0.2, 0.25) is 6.33 Å². The summed E-state index contributed by atoms with van der Waals surface area (Å²) in [4.78, 5) is 0. The summed E-state index contributed by atoms with van der Waals surface area (Å²) in [7, 11) is 0. The SMILES string of the molecule is CCC[n+]1ccn(-c2cc(C)cc(C)c2)c1. The minimum atomic E-state index is 1.08. The molecule has 0 saturated carbocycles. The minimum absolute atomic E-state index is 1.08. The van der Waals surface area contributed by atoms with Crippen molar-refractivity contribution >= 4 is 0 Å². The zero-order valence-corrected chi connectivity index (χ0v) is 10.3. The van der Waals surface area contributed by atoms with Crippen molar-refractivity contribution in [2.45, 2.75) is 33.7 Å². The Hall–Kier alpha value is -1.57. The van der Waals surface area contributed by atoms with Gasteiger partial charge in [-0.05, 0) is 43.5 Å². The van der Waals surface area contributed by atoms with Crippen LogP contribution in [0.3, 0.4) is 0 Å². The lowest BCUT2D eigenvalue weighted by atomic mass is 10.1. The maximum Gasteiger partial charge on any atom is 0.248 e. The Morgan fingerprint density at radius 3 is 2.44 bits per heavy atom. The molecule has 1 heterocycles. The van der Waals surface area contributed by atoms with Crippen molar-refractivity contribution < 1.29 is 4.57 Å². The molecule has 0 N–H and O–H groups in total. The summed E-state index contributed by atoms with van der Waals surface area (Å²) < 4.78 is 4.40. The van der Waals surface area contributed by atoms with E-state index in [-0.39, 0.29) is 0 Å². The van der Waals surface area contributed by atoms with Gasteiger partial charge in [-0.2, -0.15) is 0 Å². The average Bonchev–Trinajstić information content (AvgIpc) is 2.65. The molecule has 84 valence electrons. The van der Waals surface area contributed by atoms with Gasteiger partial charge in [-0.15, -0.1) is 0 Å². The van der Waals surface area contributed by atoms with E-state index >= 15 is 0 Å². The molecule has 2 aromatic rings. The number of rotatable bonds is 3. The Morgan fingerprint density at radius 1 is 1.12 bits per heavy atom. The molecule has 1 aromatic heterocycles. The van der Waals surface area contributed by atoms with E-state index in [0.29, 0.717) is 0 Å². The van der Waals surface area contributed by atoms with Gasteiger partial charge in [0.25, 0.3) is 0 Å². The molecule has 2 nitrogen and oxygen atoms in total. The number of aryl methyl sites for hydroxylation is 3. The van der Waals surface area contributed by atoms with Crippen LogP contribution in [0.15, 0.2) is 36.9 Å². The summed E-state index contributed by atoms with van der Waals surface area (Å²) in [5.74, 6) is 0. The van der Waals surface area contributed by atoms with Crippen molar-refractivity contribution in [3.8, 4) is 5.69 Å². The zero-order chi connectivity index (χ0) is 11.5. The van der Waals surface area contributed by atoms with Crippen molar-refractivity contribution in [3.63, 3.8) is 0 Å². The molecule has 0 spiro atoms. The van der Waals surface area contributed by atoms with Crippen LogP contribution < -0.4 is 4.57 Å². The number of hydrogen-bond acceptors (Lipinski definition) is 0. The highest BCUT2D eigenvalue weighted by atomic mass is 15.1. The van der Waals surface area contributed by atoms with Crippen molar-refractivity contribution in [2.75, 3.05) is 0 Å².